The molecular weight excluding hydrogens is 510 g/mol. The van der Waals surface area contributed by atoms with Gasteiger partial charge in [-0.15, -0.1) is 0 Å². The van der Waals surface area contributed by atoms with Crippen molar-refractivity contribution in [2.24, 2.45) is 5.92 Å². The highest BCUT2D eigenvalue weighted by atomic mass is 16.3. The number of amides is 2. The van der Waals surface area contributed by atoms with Gasteiger partial charge in [0.15, 0.2) is 0 Å². The molecule has 216 valence electrons. The molecule has 1 saturated carbocycles. The van der Waals surface area contributed by atoms with Crippen LogP contribution in [0.5, 0.6) is 0 Å². The van der Waals surface area contributed by atoms with Gasteiger partial charge in [0.1, 0.15) is 0 Å². The van der Waals surface area contributed by atoms with Gasteiger partial charge in [0.05, 0.1) is 0 Å². The Morgan fingerprint density at radius 3 is 1.85 bits per heavy atom. The van der Waals surface area contributed by atoms with E-state index in [1.165, 1.54) is 49.8 Å². The molecule has 0 aromatic heterocycles. The minimum Gasteiger partial charge on any atom is -0.483 e. The molecule has 6 rings (SSSR count). The normalized spacial score (nSPS) is 22.9. The molecule has 41 heavy (non-hydrogen) atoms. The molecule has 2 aliphatic heterocycles. The van der Waals surface area contributed by atoms with Crippen LogP contribution in [-0.2, 0) is 4.79 Å². The Balaban J connectivity index is 0.00000108. The van der Waals surface area contributed by atoms with Crippen molar-refractivity contribution < 1.29 is 14.7 Å². The second kappa shape index (κ2) is 14.3. The molecule has 3 aliphatic rings. The van der Waals surface area contributed by atoms with Crippen LogP contribution < -0.4 is 10.6 Å². The molecule has 6 heteroatoms. The lowest BCUT2D eigenvalue weighted by atomic mass is 9.84. The van der Waals surface area contributed by atoms with Crippen LogP contribution in [0.2, 0.25) is 0 Å². The first kappa shape index (κ1) is 28.9. The summed E-state index contributed by atoms with van der Waals surface area (Å²) in [6, 6.07) is 31.9. The summed E-state index contributed by atoms with van der Waals surface area (Å²) in [4.78, 5) is 23.8. The van der Waals surface area contributed by atoms with Crippen molar-refractivity contribution in [1.82, 2.24) is 15.5 Å². The number of carbonyl (C=O) groups is 2. The smallest absolute Gasteiger partial charge is 0.315 e. The zero-order valence-corrected chi connectivity index (χ0v) is 23.8. The standard InChI is InChI=1S/C34H41N3O.CH2O2/c38-34(35-23-21-29(26-9-3-1-4-10-26)27-11-5-2-6-12-27)36-28-17-15-25(16-18-28)22-24-37-32-19-20-33(37)31-14-8-7-13-30(31)32;2-1-3/h1-14,25,28-29,32-33H,15-24H2,(H2,35,36,38);1H,(H,2,3). The number of carbonyl (C=O) groups excluding carboxylic acids is 1. The van der Waals surface area contributed by atoms with E-state index in [1.807, 2.05) is 0 Å². The van der Waals surface area contributed by atoms with E-state index in [9.17, 15) is 4.79 Å². The Labute approximate surface area is 244 Å². The van der Waals surface area contributed by atoms with Gasteiger partial charge in [0, 0.05) is 30.6 Å². The van der Waals surface area contributed by atoms with E-state index in [0.29, 0.717) is 24.7 Å². The molecule has 3 aromatic rings. The van der Waals surface area contributed by atoms with E-state index in [1.54, 1.807) is 11.1 Å². The number of hydrogen-bond donors (Lipinski definition) is 3. The number of fused-ring (bicyclic) bond motifs is 5. The monoisotopic (exact) mass is 553 g/mol. The largest absolute Gasteiger partial charge is 0.483 e. The van der Waals surface area contributed by atoms with Crippen molar-refractivity contribution in [3.05, 3.63) is 107 Å². The second-order valence-corrected chi connectivity index (χ2v) is 11.7. The molecule has 2 fully saturated rings. The van der Waals surface area contributed by atoms with Crippen molar-refractivity contribution in [1.29, 1.82) is 0 Å². The van der Waals surface area contributed by atoms with Gasteiger partial charge in [-0.25, -0.2) is 4.79 Å². The molecule has 0 spiro atoms. The Bertz CT molecular complexity index is 1170. The van der Waals surface area contributed by atoms with Gasteiger partial charge in [0.2, 0.25) is 0 Å². The summed E-state index contributed by atoms with van der Waals surface area (Å²) in [6.07, 6.45) is 9.48. The van der Waals surface area contributed by atoms with E-state index in [0.717, 1.165) is 25.2 Å². The fourth-order valence-electron chi connectivity index (χ4n) is 7.35. The summed E-state index contributed by atoms with van der Waals surface area (Å²) in [5.74, 6) is 1.07. The zero-order valence-electron chi connectivity index (χ0n) is 23.8. The summed E-state index contributed by atoms with van der Waals surface area (Å²) in [5.41, 5.74) is 5.76. The van der Waals surface area contributed by atoms with Crippen molar-refractivity contribution in [2.75, 3.05) is 13.1 Å². The van der Waals surface area contributed by atoms with Crippen LogP contribution >= 0.6 is 0 Å². The lowest BCUT2D eigenvalue weighted by Crippen LogP contribution is -2.44. The van der Waals surface area contributed by atoms with Crippen molar-refractivity contribution in [3.63, 3.8) is 0 Å². The lowest BCUT2D eigenvalue weighted by Gasteiger charge is -2.31. The summed E-state index contributed by atoms with van der Waals surface area (Å²) < 4.78 is 0. The highest BCUT2D eigenvalue weighted by molar-refractivity contribution is 5.74. The van der Waals surface area contributed by atoms with Gasteiger partial charge >= 0.3 is 6.03 Å². The summed E-state index contributed by atoms with van der Waals surface area (Å²) in [5, 5.41) is 13.3. The number of nitrogens with zero attached hydrogens (tertiary/aromatic N) is 1. The van der Waals surface area contributed by atoms with Crippen LogP contribution in [0, 0.1) is 5.92 Å². The first-order valence-corrected chi connectivity index (χ1v) is 15.2. The maximum Gasteiger partial charge on any atom is 0.315 e. The topological polar surface area (TPSA) is 81.7 Å². The quantitative estimate of drug-likeness (QED) is 0.248. The minimum absolute atomic E-state index is 0.0141. The fourth-order valence-corrected chi connectivity index (χ4v) is 7.35. The molecular formula is C35H43N3O3. The van der Waals surface area contributed by atoms with Crippen molar-refractivity contribution >= 4 is 12.5 Å². The Morgan fingerprint density at radius 2 is 1.32 bits per heavy atom. The molecule has 1 aliphatic carbocycles. The van der Waals surface area contributed by atoms with E-state index in [2.05, 4.69) is 100 Å². The Kier molecular flexibility index (Phi) is 10.1. The van der Waals surface area contributed by atoms with Crippen molar-refractivity contribution in [2.45, 2.75) is 75.4 Å². The van der Waals surface area contributed by atoms with Crippen LogP contribution in [0.25, 0.3) is 0 Å². The average molecular weight is 554 g/mol. The average Bonchev–Trinajstić information content (AvgIpc) is 3.56. The van der Waals surface area contributed by atoms with Crippen LogP contribution in [0.4, 0.5) is 4.79 Å². The molecule has 6 nitrogen and oxygen atoms in total. The second-order valence-electron chi connectivity index (χ2n) is 11.7. The molecule has 2 atom stereocenters. The molecule has 3 N–H and O–H groups in total. The number of hydrogen-bond acceptors (Lipinski definition) is 3. The van der Waals surface area contributed by atoms with Crippen LogP contribution in [0.3, 0.4) is 0 Å². The maximum atomic E-state index is 12.7. The Morgan fingerprint density at radius 1 is 0.805 bits per heavy atom. The number of rotatable bonds is 9. The predicted octanol–water partition coefficient (Wildman–Crippen LogP) is 7.05. The van der Waals surface area contributed by atoms with Crippen LogP contribution in [0.1, 0.15) is 91.6 Å². The number of benzene rings is 3. The zero-order chi connectivity index (χ0) is 28.4. The van der Waals surface area contributed by atoms with Gasteiger partial charge in [-0.2, -0.15) is 0 Å². The van der Waals surface area contributed by atoms with E-state index < -0.39 is 0 Å². The number of nitrogens with one attached hydrogen (secondary N) is 2. The van der Waals surface area contributed by atoms with Crippen molar-refractivity contribution in [3.8, 4) is 0 Å². The number of urea groups is 1. The molecule has 0 radical (unpaired) electrons. The predicted molar refractivity (Wildman–Crippen MR) is 163 cm³/mol. The van der Waals surface area contributed by atoms with E-state index in [4.69, 9.17) is 9.90 Å². The maximum absolute atomic E-state index is 12.7. The van der Waals surface area contributed by atoms with E-state index in [-0.39, 0.29) is 18.4 Å². The SMILES string of the molecule is O=C(NCCC(c1ccccc1)c1ccccc1)NC1CCC(CCN2C3CCC2c2ccccc23)CC1.O=CO. The third-order valence-electron chi connectivity index (χ3n) is 9.33. The molecule has 2 amide bonds. The van der Waals surface area contributed by atoms with Crippen LogP contribution in [-0.4, -0.2) is 41.6 Å². The molecule has 2 unspecified atom stereocenters. The third kappa shape index (κ3) is 7.17. The molecule has 2 heterocycles. The number of carboxylic acid groups (broad SMARTS) is 1. The highest BCUT2D eigenvalue weighted by Crippen LogP contribution is 2.53. The molecule has 2 bridgehead atoms. The lowest BCUT2D eigenvalue weighted by molar-refractivity contribution is -0.122. The van der Waals surface area contributed by atoms with E-state index >= 15 is 0 Å². The summed E-state index contributed by atoms with van der Waals surface area (Å²) in [7, 11) is 0. The summed E-state index contributed by atoms with van der Waals surface area (Å²) >= 11 is 0. The first-order chi connectivity index (χ1) is 20.2. The molecule has 3 aromatic carbocycles. The van der Waals surface area contributed by atoms with Gasteiger partial charge in [0.25, 0.3) is 6.47 Å². The van der Waals surface area contributed by atoms with Gasteiger partial charge in [-0.1, -0.05) is 84.9 Å². The minimum atomic E-state index is -0.250. The van der Waals surface area contributed by atoms with Crippen LogP contribution in [0.15, 0.2) is 84.9 Å². The first-order valence-electron chi connectivity index (χ1n) is 15.2. The Hall–Kier alpha value is -3.64. The fraction of sp³-hybridized carbons (Fsp3) is 0.429. The summed E-state index contributed by atoms with van der Waals surface area (Å²) in [6.45, 7) is 1.63. The third-order valence-corrected chi connectivity index (χ3v) is 9.33. The van der Waals surface area contributed by atoms with Gasteiger partial charge < -0.3 is 15.7 Å². The highest BCUT2D eigenvalue weighted by Gasteiger charge is 2.43. The van der Waals surface area contributed by atoms with Gasteiger partial charge in [-0.05, 0) is 86.1 Å². The van der Waals surface area contributed by atoms with Gasteiger partial charge in [-0.3, -0.25) is 9.69 Å². The molecule has 1 saturated heterocycles.